The molecular weight excluding hydrogens is 270 g/mol. The first-order valence-corrected chi connectivity index (χ1v) is 6.86. The summed E-state index contributed by atoms with van der Waals surface area (Å²) in [5.74, 6) is -0.00356. The quantitative estimate of drug-likeness (QED) is 0.749. The van der Waals surface area contributed by atoms with Crippen molar-refractivity contribution in [1.82, 2.24) is 0 Å². The molecule has 0 N–H and O–H groups in total. The van der Waals surface area contributed by atoms with Crippen molar-refractivity contribution >= 4 is 23.2 Å². The fraction of sp³-hybridized carbons (Fsp3) is 0.118. The van der Waals surface area contributed by atoms with E-state index in [2.05, 4.69) is 6.58 Å². The summed E-state index contributed by atoms with van der Waals surface area (Å²) in [5.41, 5.74) is 2.62. The first kappa shape index (κ1) is 12.9. The predicted octanol–water partition coefficient (Wildman–Crippen LogP) is 4.37. The molecule has 2 nitrogen and oxygen atoms in total. The van der Waals surface area contributed by atoms with E-state index in [0.29, 0.717) is 17.0 Å². The second-order valence-electron chi connectivity index (χ2n) is 4.89. The van der Waals surface area contributed by atoms with Gasteiger partial charge in [-0.25, -0.2) is 0 Å². The Morgan fingerprint density at radius 2 is 1.70 bits per heavy atom. The van der Waals surface area contributed by atoms with Crippen LogP contribution in [0.1, 0.15) is 18.0 Å². The van der Waals surface area contributed by atoms with Gasteiger partial charge in [0.05, 0.1) is 6.04 Å². The van der Waals surface area contributed by atoms with Gasteiger partial charge in [-0.2, -0.15) is 0 Å². The normalized spacial score (nSPS) is 18.6. The summed E-state index contributed by atoms with van der Waals surface area (Å²) in [7, 11) is 0. The van der Waals surface area contributed by atoms with E-state index in [1.807, 2.05) is 59.5 Å². The lowest BCUT2D eigenvalue weighted by Crippen LogP contribution is -2.27. The molecule has 1 heterocycles. The fourth-order valence-corrected chi connectivity index (χ4v) is 2.69. The molecule has 0 spiro atoms. The van der Waals surface area contributed by atoms with Crippen molar-refractivity contribution in [2.45, 2.75) is 12.5 Å². The van der Waals surface area contributed by atoms with Gasteiger partial charge in [-0.1, -0.05) is 48.5 Å². The first-order chi connectivity index (χ1) is 9.66. The van der Waals surface area contributed by atoms with E-state index in [0.717, 1.165) is 11.3 Å². The molecule has 1 amide bonds. The van der Waals surface area contributed by atoms with Crippen LogP contribution in [0.15, 0.2) is 66.7 Å². The molecule has 0 aliphatic carbocycles. The number of nitrogens with zero attached hydrogens (tertiary/aromatic N) is 1. The Morgan fingerprint density at radius 3 is 2.35 bits per heavy atom. The minimum Gasteiger partial charge on any atom is -0.301 e. The Hall–Kier alpha value is -2.06. The Bertz CT molecular complexity index is 648. The minimum atomic E-state index is -0.00494. The van der Waals surface area contributed by atoms with Gasteiger partial charge < -0.3 is 4.90 Å². The zero-order valence-electron chi connectivity index (χ0n) is 10.9. The van der Waals surface area contributed by atoms with Crippen LogP contribution >= 0.6 is 11.6 Å². The van der Waals surface area contributed by atoms with Gasteiger partial charge >= 0.3 is 0 Å². The van der Waals surface area contributed by atoms with Crippen molar-refractivity contribution in [2.75, 3.05) is 4.90 Å². The van der Waals surface area contributed by atoms with Gasteiger partial charge in [-0.3, -0.25) is 4.79 Å². The second-order valence-corrected chi connectivity index (χ2v) is 5.32. The molecule has 1 aliphatic rings. The monoisotopic (exact) mass is 283 g/mol. The van der Waals surface area contributed by atoms with Crippen LogP contribution in [0.25, 0.3) is 0 Å². The average molecular weight is 284 g/mol. The van der Waals surface area contributed by atoms with Crippen LogP contribution in [0.4, 0.5) is 5.69 Å². The van der Waals surface area contributed by atoms with Gasteiger partial charge in [0.15, 0.2) is 0 Å². The number of carbonyl (C=O) groups excluding carboxylic acids is 1. The topological polar surface area (TPSA) is 20.3 Å². The lowest BCUT2D eigenvalue weighted by atomic mass is 10.0. The third-order valence-electron chi connectivity index (χ3n) is 3.56. The fourth-order valence-electron chi connectivity index (χ4n) is 2.56. The third kappa shape index (κ3) is 2.23. The Labute approximate surface area is 123 Å². The summed E-state index contributed by atoms with van der Waals surface area (Å²) >= 11 is 5.93. The number of benzene rings is 2. The highest BCUT2D eigenvalue weighted by Gasteiger charge is 2.35. The molecule has 0 radical (unpaired) electrons. The summed E-state index contributed by atoms with van der Waals surface area (Å²) in [5, 5.41) is 0.697. The van der Waals surface area contributed by atoms with Gasteiger partial charge in [0.1, 0.15) is 0 Å². The minimum absolute atomic E-state index is 0.00356. The van der Waals surface area contributed by atoms with Crippen LogP contribution in [0.2, 0.25) is 5.02 Å². The summed E-state index contributed by atoms with van der Waals surface area (Å²) < 4.78 is 0. The smallest absolute Gasteiger partial charge is 0.254 e. The van der Waals surface area contributed by atoms with E-state index < -0.39 is 0 Å². The Kier molecular flexibility index (Phi) is 3.33. The van der Waals surface area contributed by atoms with Crippen LogP contribution in [0.5, 0.6) is 0 Å². The number of anilines is 1. The van der Waals surface area contributed by atoms with Crippen LogP contribution in [0, 0.1) is 0 Å². The highest BCUT2D eigenvalue weighted by molar-refractivity contribution is 6.30. The SMILES string of the molecule is C=C1CC(c2ccc(Cl)cc2)N(c2ccccc2)C1=O. The zero-order chi connectivity index (χ0) is 14.1. The number of carbonyl (C=O) groups is 1. The van der Waals surface area contributed by atoms with Crippen LogP contribution in [0.3, 0.4) is 0 Å². The molecular formula is C17H14ClNO. The largest absolute Gasteiger partial charge is 0.301 e. The number of hydrogen-bond acceptors (Lipinski definition) is 1. The van der Waals surface area contributed by atoms with Crippen LogP contribution in [-0.4, -0.2) is 5.91 Å². The molecule has 100 valence electrons. The second kappa shape index (κ2) is 5.14. The number of hydrogen-bond donors (Lipinski definition) is 0. The molecule has 3 heteroatoms. The summed E-state index contributed by atoms with van der Waals surface area (Å²) in [6.45, 7) is 3.89. The molecule has 1 atom stereocenters. The number of amides is 1. The van der Waals surface area contributed by atoms with E-state index in [4.69, 9.17) is 11.6 Å². The van der Waals surface area contributed by atoms with E-state index in [1.54, 1.807) is 0 Å². The maximum absolute atomic E-state index is 12.4. The number of para-hydroxylation sites is 1. The molecule has 0 aromatic heterocycles. The van der Waals surface area contributed by atoms with Crippen molar-refractivity contribution in [2.24, 2.45) is 0 Å². The molecule has 0 saturated carbocycles. The molecule has 20 heavy (non-hydrogen) atoms. The molecule has 1 saturated heterocycles. The molecule has 3 rings (SSSR count). The number of rotatable bonds is 2. The Morgan fingerprint density at radius 1 is 1.05 bits per heavy atom. The lowest BCUT2D eigenvalue weighted by Gasteiger charge is -2.24. The molecule has 1 aliphatic heterocycles. The summed E-state index contributed by atoms with van der Waals surface area (Å²) in [4.78, 5) is 14.2. The molecule has 1 unspecified atom stereocenters. The van der Waals surface area contributed by atoms with Crippen molar-refractivity contribution < 1.29 is 4.79 Å². The third-order valence-corrected chi connectivity index (χ3v) is 3.81. The van der Waals surface area contributed by atoms with Crippen molar-refractivity contribution in [3.63, 3.8) is 0 Å². The lowest BCUT2D eigenvalue weighted by molar-refractivity contribution is -0.114. The highest BCUT2D eigenvalue weighted by Crippen LogP contribution is 2.39. The van der Waals surface area contributed by atoms with Crippen LogP contribution < -0.4 is 4.90 Å². The predicted molar refractivity (Wildman–Crippen MR) is 81.9 cm³/mol. The average Bonchev–Trinajstić information content (AvgIpc) is 2.77. The van der Waals surface area contributed by atoms with E-state index in [-0.39, 0.29) is 11.9 Å². The summed E-state index contributed by atoms with van der Waals surface area (Å²) in [6.07, 6.45) is 0.648. The van der Waals surface area contributed by atoms with E-state index >= 15 is 0 Å². The highest BCUT2D eigenvalue weighted by atomic mass is 35.5. The Balaban J connectivity index is 2.02. The van der Waals surface area contributed by atoms with E-state index in [9.17, 15) is 4.79 Å². The maximum Gasteiger partial charge on any atom is 0.254 e. The standard InChI is InChI=1S/C17H14ClNO/c1-12-11-16(13-7-9-14(18)10-8-13)19(17(12)20)15-5-3-2-4-6-15/h2-10,16H,1,11H2. The van der Waals surface area contributed by atoms with E-state index in [1.165, 1.54) is 0 Å². The molecule has 2 aromatic carbocycles. The number of halogens is 1. The van der Waals surface area contributed by atoms with Crippen molar-refractivity contribution in [3.05, 3.63) is 77.3 Å². The van der Waals surface area contributed by atoms with Crippen LogP contribution in [-0.2, 0) is 4.79 Å². The molecule has 0 bridgehead atoms. The van der Waals surface area contributed by atoms with Gasteiger partial charge in [0.2, 0.25) is 0 Å². The first-order valence-electron chi connectivity index (χ1n) is 6.48. The molecule has 2 aromatic rings. The van der Waals surface area contributed by atoms with Gasteiger partial charge in [-0.15, -0.1) is 0 Å². The van der Waals surface area contributed by atoms with Gasteiger partial charge in [-0.05, 0) is 29.8 Å². The maximum atomic E-state index is 12.4. The zero-order valence-corrected chi connectivity index (χ0v) is 11.7. The summed E-state index contributed by atoms with van der Waals surface area (Å²) in [6, 6.07) is 17.3. The van der Waals surface area contributed by atoms with Gasteiger partial charge in [0, 0.05) is 22.7 Å². The van der Waals surface area contributed by atoms with Gasteiger partial charge in [0.25, 0.3) is 5.91 Å². The van der Waals surface area contributed by atoms with Crippen molar-refractivity contribution in [3.8, 4) is 0 Å². The van der Waals surface area contributed by atoms with Crippen molar-refractivity contribution in [1.29, 1.82) is 0 Å². The molecule has 1 fully saturated rings.